The molecule has 0 bridgehead atoms. The largest absolute Gasteiger partial charge is 0.278 e. The zero-order valence-electron chi connectivity index (χ0n) is 12.2. The van der Waals surface area contributed by atoms with Gasteiger partial charge in [0.1, 0.15) is 6.33 Å². The molecule has 1 heterocycles. The second-order valence-corrected chi connectivity index (χ2v) is 4.84. The van der Waals surface area contributed by atoms with Crippen molar-refractivity contribution in [2.24, 2.45) is 0 Å². The number of hydrogen-bond donors (Lipinski definition) is 0. The van der Waals surface area contributed by atoms with E-state index in [9.17, 15) is 20.2 Å². The Kier molecular flexibility index (Phi) is 3.94. The average Bonchev–Trinajstić information content (AvgIpc) is 2.61. The first-order valence-corrected chi connectivity index (χ1v) is 6.87. The van der Waals surface area contributed by atoms with Crippen molar-refractivity contribution in [1.82, 2.24) is 9.97 Å². The van der Waals surface area contributed by atoms with Crippen LogP contribution in [0.2, 0.25) is 0 Å². The molecule has 0 saturated carbocycles. The van der Waals surface area contributed by atoms with E-state index in [0.29, 0.717) is 22.5 Å². The van der Waals surface area contributed by atoms with Gasteiger partial charge in [-0.1, -0.05) is 24.3 Å². The molecule has 24 heavy (non-hydrogen) atoms. The van der Waals surface area contributed by atoms with Crippen LogP contribution in [0.3, 0.4) is 0 Å². The van der Waals surface area contributed by atoms with Crippen molar-refractivity contribution in [2.75, 3.05) is 0 Å². The minimum Gasteiger partial charge on any atom is -0.258 e. The third kappa shape index (κ3) is 2.80. The van der Waals surface area contributed by atoms with Gasteiger partial charge in [-0.15, -0.1) is 0 Å². The molecule has 1 aromatic heterocycles. The summed E-state index contributed by atoms with van der Waals surface area (Å²) in [5.74, 6) is 0. The highest BCUT2D eigenvalue weighted by molar-refractivity contribution is 5.76. The molecular weight excluding hydrogens is 312 g/mol. The summed E-state index contributed by atoms with van der Waals surface area (Å²) in [6, 6.07) is 13.9. The van der Waals surface area contributed by atoms with Gasteiger partial charge in [-0.2, -0.15) is 0 Å². The van der Waals surface area contributed by atoms with Crippen molar-refractivity contribution < 1.29 is 9.85 Å². The number of rotatable bonds is 4. The van der Waals surface area contributed by atoms with Crippen LogP contribution in [0.1, 0.15) is 0 Å². The lowest BCUT2D eigenvalue weighted by Gasteiger charge is -2.05. The highest BCUT2D eigenvalue weighted by Crippen LogP contribution is 2.32. The standard InChI is InChI=1S/C16H10N4O4/c21-19(22)15-7-3-1-5-11(15)13-9-14(18-10-17-13)12-6-2-4-8-16(12)20(23)24/h1-10H. The summed E-state index contributed by atoms with van der Waals surface area (Å²) in [4.78, 5) is 29.5. The average molecular weight is 322 g/mol. The zero-order chi connectivity index (χ0) is 17.1. The molecule has 0 N–H and O–H groups in total. The van der Waals surface area contributed by atoms with Crippen molar-refractivity contribution in [2.45, 2.75) is 0 Å². The molecule has 0 aliphatic heterocycles. The quantitative estimate of drug-likeness (QED) is 0.535. The fraction of sp³-hybridized carbons (Fsp3) is 0. The predicted molar refractivity (Wildman–Crippen MR) is 86.2 cm³/mol. The van der Waals surface area contributed by atoms with Crippen molar-refractivity contribution in [1.29, 1.82) is 0 Å². The lowest BCUT2D eigenvalue weighted by molar-refractivity contribution is -0.384. The topological polar surface area (TPSA) is 112 Å². The van der Waals surface area contributed by atoms with Crippen LogP contribution in [0.5, 0.6) is 0 Å². The van der Waals surface area contributed by atoms with E-state index in [1.54, 1.807) is 36.4 Å². The van der Waals surface area contributed by atoms with Gasteiger partial charge in [0, 0.05) is 12.1 Å². The third-order valence-corrected chi connectivity index (χ3v) is 3.42. The first-order chi connectivity index (χ1) is 11.6. The molecule has 0 radical (unpaired) electrons. The molecule has 3 rings (SSSR count). The van der Waals surface area contributed by atoms with E-state index in [0.717, 1.165) is 0 Å². The fourth-order valence-corrected chi connectivity index (χ4v) is 2.35. The van der Waals surface area contributed by atoms with Crippen LogP contribution < -0.4 is 0 Å². The monoisotopic (exact) mass is 322 g/mol. The summed E-state index contributed by atoms with van der Waals surface area (Å²) in [5, 5.41) is 22.3. The van der Waals surface area contributed by atoms with Crippen LogP contribution in [0.15, 0.2) is 60.9 Å². The third-order valence-electron chi connectivity index (χ3n) is 3.42. The number of benzene rings is 2. The van der Waals surface area contributed by atoms with E-state index in [-0.39, 0.29) is 11.4 Å². The van der Waals surface area contributed by atoms with E-state index in [1.165, 1.54) is 24.5 Å². The molecule has 0 saturated heterocycles. The Hall–Kier alpha value is -3.68. The van der Waals surface area contributed by atoms with E-state index in [1.807, 2.05) is 0 Å². The molecule has 0 unspecified atom stereocenters. The van der Waals surface area contributed by atoms with Gasteiger partial charge >= 0.3 is 0 Å². The second kappa shape index (κ2) is 6.21. The second-order valence-electron chi connectivity index (χ2n) is 4.84. The summed E-state index contributed by atoms with van der Waals surface area (Å²) in [6.07, 6.45) is 1.23. The van der Waals surface area contributed by atoms with E-state index >= 15 is 0 Å². The first-order valence-electron chi connectivity index (χ1n) is 6.87. The van der Waals surface area contributed by atoms with Crippen molar-refractivity contribution >= 4 is 11.4 Å². The maximum absolute atomic E-state index is 11.2. The predicted octanol–water partition coefficient (Wildman–Crippen LogP) is 3.63. The zero-order valence-corrected chi connectivity index (χ0v) is 12.2. The molecule has 2 aromatic carbocycles. The van der Waals surface area contributed by atoms with Gasteiger partial charge in [-0.05, 0) is 18.2 Å². The number of aromatic nitrogens is 2. The number of nitrogens with zero attached hydrogens (tertiary/aromatic N) is 4. The van der Waals surface area contributed by atoms with Crippen LogP contribution in [0.25, 0.3) is 22.5 Å². The van der Waals surface area contributed by atoms with Gasteiger partial charge in [0.15, 0.2) is 0 Å². The summed E-state index contributed by atoms with van der Waals surface area (Å²) < 4.78 is 0. The fourth-order valence-electron chi connectivity index (χ4n) is 2.35. The number of hydrogen-bond acceptors (Lipinski definition) is 6. The van der Waals surface area contributed by atoms with Gasteiger partial charge in [0.05, 0.1) is 32.4 Å². The molecule has 3 aromatic rings. The van der Waals surface area contributed by atoms with Crippen LogP contribution in [0, 0.1) is 20.2 Å². The molecular formula is C16H10N4O4. The SMILES string of the molecule is O=[N+]([O-])c1ccccc1-c1cc(-c2ccccc2[N+](=O)[O-])ncn1. The van der Waals surface area contributed by atoms with Crippen LogP contribution >= 0.6 is 0 Å². The minimum atomic E-state index is -0.498. The lowest BCUT2D eigenvalue weighted by Crippen LogP contribution is -1.96. The maximum atomic E-state index is 11.2. The summed E-state index contributed by atoms with van der Waals surface area (Å²) >= 11 is 0. The van der Waals surface area contributed by atoms with Crippen LogP contribution in [-0.4, -0.2) is 19.8 Å². The van der Waals surface area contributed by atoms with Crippen LogP contribution in [0.4, 0.5) is 11.4 Å². The van der Waals surface area contributed by atoms with Gasteiger partial charge in [-0.25, -0.2) is 9.97 Å². The molecule has 8 nitrogen and oxygen atoms in total. The van der Waals surface area contributed by atoms with E-state index in [2.05, 4.69) is 9.97 Å². The van der Waals surface area contributed by atoms with E-state index < -0.39 is 9.85 Å². The number of nitro benzene ring substituents is 2. The Bertz CT molecular complexity index is 870. The molecule has 0 amide bonds. The van der Waals surface area contributed by atoms with Gasteiger partial charge in [0.2, 0.25) is 0 Å². The van der Waals surface area contributed by atoms with Crippen molar-refractivity contribution in [3.8, 4) is 22.5 Å². The van der Waals surface area contributed by atoms with E-state index in [4.69, 9.17) is 0 Å². The normalized spacial score (nSPS) is 10.3. The number of para-hydroxylation sites is 2. The molecule has 0 spiro atoms. The van der Waals surface area contributed by atoms with Gasteiger partial charge < -0.3 is 0 Å². The summed E-state index contributed by atoms with van der Waals surface area (Å²) in [7, 11) is 0. The Morgan fingerprint density at radius 1 is 0.708 bits per heavy atom. The van der Waals surface area contributed by atoms with Crippen molar-refractivity contribution in [3.05, 3.63) is 81.2 Å². The molecule has 8 heteroatoms. The molecule has 0 aliphatic rings. The summed E-state index contributed by atoms with van der Waals surface area (Å²) in [5.41, 5.74) is 1.11. The Labute approximate surface area is 135 Å². The maximum Gasteiger partial charge on any atom is 0.278 e. The first kappa shape index (κ1) is 15.2. The Morgan fingerprint density at radius 3 is 1.54 bits per heavy atom. The number of nitro groups is 2. The van der Waals surface area contributed by atoms with Crippen molar-refractivity contribution in [3.63, 3.8) is 0 Å². The Morgan fingerprint density at radius 2 is 1.12 bits per heavy atom. The molecule has 118 valence electrons. The Balaban J connectivity index is 2.16. The smallest absolute Gasteiger partial charge is 0.258 e. The van der Waals surface area contributed by atoms with Crippen LogP contribution in [-0.2, 0) is 0 Å². The molecule has 0 aliphatic carbocycles. The highest BCUT2D eigenvalue weighted by atomic mass is 16.6. The summed E-state index contributed by atoms with van der Waals surface area (Å²) in [6.45, 7) is 0. The van der Waals surface area contributed by atoms with Gasteiger partial charge in [-0.3, -0.25) is 20.2 Å². The minimum absolute atomic E-state index is 0.0929. The molecule has 0 fully saturated rings. The lowest BCUT2D eigenvalue weighted by atomic mass is 10.1. The van der Waals surface area contributed by atoms with Gasteiger partial charge in [0.25, 0.3) is 11.4 Å². The molecule has 0 atom stereocenters. The highest BCUT2D eigenvalue weighted by Gasteiger charge is 2.19.